The Morgan fingerprint density at radius 1 is 0.879 bits per heavy atom. The SMILES string of the molecule is COc1ccccc1N1CCN(CCCC(=O)NCc2ccccc2-c2ccccc2)CC1. The third-order valence-corrected chi connectivity index (χ3v) is 6.25. The molecule has 0 bridgehead atoms. The van der Waals surface area contributed by atoms with Crippen molar-refractivity contribution in [3.8, 4) is 16.9 Å². The number of methoxy groups -OCH3 is 1. The molecule has 3 aromatic carbocycles. The topological polar surface area (TPSA) is 44.8 Å². The Hall–Kier alpha value is -3.31. The van der Waals surface area contributed by atoms with Gasteiger partial charge in [0, 0.05) is 39.1 Å². The number of carbonyl (C=O) groups excluding carboxylic acids is 1. The van der Waals surface area contributed by atoms with Gasteiger partial charge in [-0.25, -0.2) is 0 Å². The number of carbonyl (C=O) groups is 1. The minimum atomic E-state index is 0.116. The summed E-state index contributed by atoms with van der Waals surface area (Å²) in [6, 6.07) is 26.8. The molecule has 1 amide bonds. The van der Waals surface area contributed by atoms with Crippen LogP contribution in [0.4, 0.5) is 5.69 Å². The van der Waals surface area contributed by atoms with Gasteiger partial charge in [-0.1, -0.05) is 66.7 Å². The normalized spacial score (nSPS) is 14.2. The van der Waals surface area contributed by atoms with Crippen molar-refractivity contribution in [2.75, 3.05) is 44.7 Å². The second kappa shape index (κ2) is 11.5. The Balaban J connectivity index is 1.19. The summed E-state index contributed by atoms with van der Waals surface area (Å²) in [5.41, 5.74) is 4.65. The molecule has 1 aliphatic rings. The number of piperazine rings is 1. The van der Waals surface area contributed by atoms with Crippen molar-refractivity contribution < 1.29 is 9.53 Å². The van der Waals surface area contributed by atoms with Crippen LogP contribution < -0.4 is 15.0 Å². The van der Waals surface area contributed by atoms with E-state index in [4.69, 9.17) is 4.74 Å². The van der Waals surface area contributed by atoms with Gasteiger partial charge in [0.05, 0.1) is 12.8 Å². The summed E-state index contributed by atoms with van der Waals surface area (Å²) >= 11 is 0. The molecule has 172 valence electrons. The highest BCUT2D eigenvalue weighted by atomic mass is 16.5. The molecule has 0 aromatic heterocycles. The van der Waals surface area contributed by atoms with E-state index in [9.17, 15) is 4.79 Å². The molecule has 0 radical (unpaired) electrons. The predicted molar refractivity (Wildman–Crippen MR) is 135 cm³/mol. The van der Waals surface area contributed by atoms with E-state index < -0.39 is 0 Å². The third-order valence-electron chi connectivity index (χ3n) is 6.25. The number of para-hydroxylation sites is 2. The van der Waals surface area contributed by atoms with Crippen molar-refractivity contribution in [2.45, 2.75) is 19.4 Å². The Morgan fingerprint density at radius 2 is 1.58 bits per heavy atom. The number of hydrogen-bond donors (Lipinski definition) is 1. The largest absolute Gasteiger partial charge is 0.495 e. The third kappa shape index (κ3) is 6.14. The molecule has 3 aromatic rings. The summed E-state index contributed by atoms with van der Waals surface area (Å²) in [7, 11) is 1.72. The van der Waals surface area contributed by atoms with Crippen molar-refractivity contribution in [3.05, 3.63) is 84.4 Å². The second-order valence-corrected chi connectivity index (χ2v) is 8.40. The quantitative estimate of drug-likeness (QED) is 0.526. The molecular weight excluding hydrogens is 410 g/mol. The van der Waals surface area contributed by atoms with Crippen LogP contribution in [0.3, 0.4) is 0 Å². The number of benzene rings is 3. The highest BCUT2D eigenvalue weighted by Crippen LogP contribution is 2.28. The van der Waals surface area contributed by atoms with Crippen LogP contribution in [0, 0.1) is 0 Å². The summed E-state index contributed by atoms with van der Waals surface area (Å²) in [6.45, 7) is 5.47. The number of amides is 1. The summed E-state index contributed by atoms with van der Waals surface area (Å²) in [6.07, 6.45) is 1.43. The van der Waals surface area contributed by atoms with Crippen molar-refractivity contribution in [3.63, 3.8) is 0 Å². The molecule has 1 N–H and O–H groups in total. The van der Waals surface area contributed by atoms with Crippen LogP contribution in [-0.2, 0) is 11.3 Å². The van der Waals surface area contributed by atoms with E-state index in [2.05, 4.69) is 51.5 Å². The van der Waals surface area contributed by atoms with Gasteiger partial charge in [0.1, 0.15) is 5.75 Å². The maximum atomic E-state index is 12.5. The molecule has 5 heteroatoms. The van der Waals surface area contributed by atoms with Crippen molar-refractivity contribution in [2.24, 2.45) is 0 Å². The molecule has 1 saturated heterocycles. The lowest BCUT2D eigenvalue weighted by Gasteiger charge is -2.36. The average molecular weight is 444 g/mol. The Kier molecular flexibility index (Phi) is 7.99. The number of ether oxygens (including phenoxy) is 1. The number of hydrogen-bond acceptors (Lipinski definition) is 4. The average Bonchev–Trinajstić information content (AvgIpc) is 2.88. The fraction of sp³-hybridized carbons (Fsp3) is 0.321. The molecule has 0 aliphatic carbocycles. The minimum absolute atomic E-state index is 0.116. The Labute approximate surface area is 197 Å². The van der Waals surface area contributed by atoms with Crippen LogP contribution in [0.1, 0.15) is 18.4 Å². The smallest absolute Gasteiger partial charge is 0.220 e. The molecule has 0 saturated carbocycles. The maximum absolute atomic E-state index is 12.5. The first-order valence-electron chi connectivity index (χ1n) is 11.7. The lowest BCUT2D eigenvalue weighted by Crippen LogP contribution is -2.46. The van der Waals surface area contributed by atoms with Crippen molar-refractivity contribution >= 4 is 11.6 Å². The zero-order chi connectivity index (χ0) is 22.9. The molecule has 4 rings (SSSR count). The van der Waals surface area contributed by atoms with E-state index in [0.717, 1.165) is 56.1 Å². The first kappa shape index (κ1) is 22.9. The zero-order valence-electron chi connectivity index (χ0n) is 19.4. The van der Waals surface area contributed by atoms with Gasteiger partial charge in [-0.2, -0.15) is 0 Å². The summed E-state index contributed by atoms with van der Waals surface area (Å²) in [5.74, 6) is 1.04. The monoisotopic (exact) mass is 443 g/mol. The second-order valence-electron chi connectivity index (χ2n) is 8.40. The fourth-order valence-electron chi connectivity index (χ4n) is 4.42. The van der Waals surface area contributed by atoms with E-state index in [-0.39, 0.29) is 5.91 Å². The Bertz CT molecular complexity index is 1030. The van der Waals surface area contributed by atoms with Crippen LogP contribution in [-0.4, -0.2) is 50.6 Å². The van der Waals surface area contributed by atoms with Crippen molar-refractivity contribution in [1.82, 2.24) is 10.2 Å². The van der Waals surface area contributed by atoms with E-state index in [1.807, 2.05) is 42.5 Å². The first-order chi connectivity index (χ1) is 16.2. The number of anilines is 1. The molecule has 1 aliphatic heterocycles. The van der Waals surface area contributed by atoms with Gasteiger partial charge in [0.15, 0.2) is 0 Å². The number of nitrogens with one attached hydrogen (secondary N) is 1. The lowest BCUT2D eigenvalue weighted by atomic mass is 10.00. The van der Waals surface area contributed by atoms with Gasteiger partial charge >= 0.3 is 0 Å². The summed E-state index contributed by atoms with van der Waals surface area (Å²) < 4.78 is 5.50. The van der Waals surface area contributed by atoms with E-state index in [1.54, 1.807) is 7.11 Å². The van der Waals surface area contributed by atoms with E-state index >= 15 is 0 Å². The van der Waals surface area contributed by atoms with Crippen LogP contribution in [0.5, 0.6) is 5.75 Å². The maximum Gasteiger partial charge on any atom is 0.220 e. The lowest BCUT2D eigenvalue weighted by molar-refractivity contribution is -0.121. The van der Waals surface area contributed by atoms with Crippen LogP contribution in [0.2, 0.25) is 0 Å². The van der Waals surface area contributed by atoms with Gasteiger partial charge in [0.25, 0.3) is 0 Å². The number of nitrogens with zero attached hydrogens (tertiary/aromatic N) is 2. The van der Waals surface area contributed by atoms with Gasteiger partial charge in [-0.15, -0.1) is 0 Å². The van der Waals surface area contributed by atoms with E-state index in [1.165, 1.54) is 11.1 Å². The fourth-order valence-corrected chi connectivity index (χ4v) is 4.42. The highest BCUT2D eigenvalue weighted by molar-refractivity contribution is 5.76. The molecule has 0 spiro atoms. The predicted octanol–water partition coefficient (Wildman–Crippen LogP) is 4.58. The number of rotatable bonds is 9. The van der Waals surface area contributed by atoms with E-state index in [0.29, 0.717) is 13.0 Å². The van der Waals surface area contributed by atoms with Crippen LogP contribution >= 0.6 is 0 Å². The molecular formula is C28H33N3O2. The molecule has 33 heavy (non-hydrogen) atoms. The van der Waals surface area contributed by atoms with Crippen LogP contribution in [0.25, 0.3) is 11.1 Å². The van der Waals surface area contributed by atoms with Gasteiger partial charge < -0.3 is 15.0 Å². The molecule has 0 atom stereocenters. The summed E-state index contributed by atoms with van der Waals surface area (Å²) in [4.78, 5) is 17.3. The molecule has 0 unspecified atom stereocenters. The molecule has 5 nitrogen and oxygen atoms in total. The van der Waals surface area contributed by atoms with Gasteiger partial charge in [0.2, 0.25) is 5.91 Å². The standard InChI is InChI=1S/C28H33N3O2/c1-33-27-15-8-7-14-26(27)31-20-18-30(19-21-31)17-9-16-28(32)29-22-24-12-5-6-13-25(24)23-10-3-2-4-11-23/h2-8,10-15H,9,16-22H2,1H3,(H,29,32). The first-order valence-corrected chi connectivity index (χ1v) is 11.7. The summed E-state index contributed by atoms with van der Waals surface area (Å²) in [5, 5.41) is 3.11. The minimum Gasteiger partial charge on any atom is -0.495 e. The Morgan fingerprint density at radius 3 is 2.36 bits per heavy atom. The zero-order valence-corrected chi connectivity index (χ0v) is 19.4. The van der Waals surface area contributed by atoms with Gasteiger partial charge in [-0.05, 0) is 41.8 Å². The molecule has 1 fully saturated rings. The highest BCUT2D eigenvalue weighted by Gasteiger charge is 2.19. The van der Waals surface area contributed by atoms with Crippen LogP contribution in [0.15, 0.2) is 78.9 Å². The van der Waals surface area contributed by atoms with Crippen molar-refractivity contribution in [1.29, 1.82) is 0 Å². The molecule has 1 heterocycles. The van der Waals surface area contributed by atoms with Gasteiger partial charge in [-0.3, -0.25) is 9.69 Å².